The lowest BCUT2D eigenvalue weighted by molar-refractivity contribution is -0.384. The highest BCUT2D eigenvalue weighted by molar-refractivity contribution is 7.99. The summed E-state index contributed by atoms with van der Waals surface area (Å²) in [5, 5.41) is 28.4. The normalized spacial score (nSPS) is 14.3. The van der Waals surface area contributed by atoms with Crippen LogP contribution in [-0.4, -0.2) is 55.1 Å². The predicted octanol–water partition coefficient (Wildman–Crippen LogP) is 4.27. The molecule has 2 amide bonds. The number of nitro groups is 1. The number of ether oxygens (including phenoxy) is 1. The average molecular weight is 604 g/mol. The van der Waals surface area contributed by atoms with E-state index in [1.165, 1.54) is 53.2 Å². The van der Waals surface area contributed by atoms with Gasteiger partial charge in [-0.05, 0) is 59.7 Å². The van der Waals surface area contributed by atoms with E-state index in [0.717, 1.165) is 16.8 Å². The van der Waals surface area contributed by atoms with E-state index < -0.39 is 16.9 Å². The van der Waals surface area contributed by atoms with Crippen molar-refractivity contribution < 1.29 is 23.6 Å². The highest BCUT2D eigenvalue weighted by Crippen LogP contribution is 2.34. The topological polar surface area (TPSA) is 145 Å². The first-order chi connectivity index (χ1) is 20.7. The second kappa shape index (κ2) is 12.8. The van der Waals surface area contributed by atoms with Crippen LogP contribution in [0, 0.1) is 15.9 Å². The molecule has 4 aromatic rings. The zero-order valence-corrected chi connectivity index (χ0v) is 24.0. The van der Waals surface area contributed by atoms with E-state index in [1.54, 1.807) is 30.9 Å². The van der Waals surface area contributed by atoms with Crippen LogP contribution in [0.5, 0.6) is 5.75 Å². The molecule has 0 saturated carbocycles. The molecule has 0 unspecified atom stereocenters. The van der Waals surface area contributed by atoms with Crippen molar-refractivity contribution in [1.82, 2.24) is 25.1 Å². The van der Waals surface area contributed by atoms with Crippen LogP contribution >= 0.6 is 11.8 Å². The molecule has 2 heterocycles. The van der Waals surface area contributed by atoms with Gasteiger partial charge in [0.1, 0.15) is 11.6 Å². The molecule has 220 valence electrons. The lowest BCUT2D eigenvalue weighted by Crippen LogP contribution is -2.28. The number of hydrogen-bond acceptors (Lipinski definition) is 9. The van der Waals surface area contributed by atoms with Crippen LogP contribution in [0.4, 0.5) is 10.1 Å². The van der Waals surface area contributed by atoms with E-state index in [4.69, 9.17) is 4.74 Å². The van der Waals surface area contributed by atoms with Gasteiger partial charge in [0, 0.05) is 31.2 Å². The van der Waals surface area contributed by atoms with Crippen molar-refractivity contribution in [2.24, 2.45) is 12.1 Å². The zero-order valence-electron chi connectivity index (χ0n) is 23.1. The third kappa shape index (κ3) is 6.70. The fourth-order valence-corrected chi connectivity index (χ4v) is 5.24. The Balaban J connectivity index is 1.25. The molecule has 14 heteroatoms. The van der Waals surface area contributed by atoms with Crippen LogP contribution < -0.4 is 10.1 Å². The molecule has 0 aliphatic carbocycles. The molecular weight excluding hydrogens is 577 g/mol. The van der Waals surface area contributed by atoms with Crippen molar-refractivity contribution in [3.8, 4) is 5.75 Å². The third-order valence-corrected chi connectivity index (χ3v) is 7.85. The van der Waals surface area contributed by atoms with E-state index >= 15 is 0 Å². The SMILES string of the molecule is COc1ccc(C2=NN(C(=O)CSc3nnc(CNC(=O)c4ccc([N+](=O)[O-])cc4)n3C)[C@H](c3ccc(F)cc3)C2)cc1. The summed E-state index contributed by atoms with van der Waals surface area (Å²) in [7, 11) is 3.31. The molecule has 1 aliphatic rings. The molecule has 1 N–H and O–H groups in total. The molecule has 1 aliphatic heterocycles. The number of nitrogens with zero attached hydrogens (tertiary/aromatic N) is 6. The van der Waals surface area contributed by atoms with Gasteiger partial charge in [0.25, 0.3) is 17.5 Å². The first kappa shape index (κ1) is 29.4. The maximum atomic E-state index is 13.6. The highest BCUT2D eigenvalue weighted by Gasteiger charge is 2.33. The van der Waals surface area contributed by atoms with Crippen molar-refractivity contribution in [1.29, 1.82) is 0 Å². The van der Waals surface area contributed by atoms with Crippen molar-refractivity contribution in [3.05, 3.63) is 111 Å². The van der Waals surface area contributed by atoms with Gasteiger partial charge in [0.2, 0.25) is 0 Å². The standard InChI is InChI=1S/C29H26FN7O5S/c1-35-26(16-31-28(39)20-5-11-22(12-6-20)37(40)41)32-33-29(35)43-17-27(38)36-25(19-3-9-21(30)10-4-19)15-24(34-36)18-7-13-23(42-2)14-8-18/h3-14,25H,15-17H2,1-2H3,(H,31,39)/t25-/m0/s1. The van der Waals surface area contributed by atoms with E-state index in [1.807, 2.05) is 24.3 Å². The van der Waals surface area contributed by atoms with Gasteiger partial charge in [-0.25, -0.2) is 9.40 Å². The van der Waals surface area contributed by atoms with Crippen molar-refractivity contribution >= 4 is 35.0 Å². The summed E-state index contributed by atoms with van der Waals surface area (Å²) in [5.74, 6) is 0.116. The minimum absolute atomic E-state index is 0.0121. The first-order valence-corrected chi connectivity index (χ1v) is 14.0. The van der Waals surface area contributed by atoms with Crippen molar-refractivity contribution in [2.45, 2.75) is 24.2 Å². The van der Waals surface area contributed by atoms with Gasteiger partial charge < -0.3 is 14.6 Å². The summed E-state index contributed by atoms with van der Waals surface area (Å²) in [5.41, 5.74) is 2.49. The smallest absolute Gasteiger partial charge is 0.269 e. The van der Waals surface area contributed by atoms with Gasteiger partial charge in [0.15, 0.2) is 11.0 Å². The molecule has 0 saturated heterocycles. The van der Waals surface area contributed by atoms with E-state index in [0.29, 0.717) is 23.2 Å². The Morgan fingerprint density at radius 2 is 1.77 bits per heavy atom. The van der Waals surface area contributed by atoms with E-state index in [2.05, 4.69) is 20.6 Å². The zero-order chi connectivity index (χ0) is 30.5. The monoisotopic (exact) mass is 603 g/mol. The molecule has 0 fully saturated rings. The summed E-state index contributed by atoms with van der Waals surface area (Å²) in [6.07, 6.45) is 0.455. The fourth-order valence-electron chi connectivity index (χ4n) is 4.46. The molecule has 1 atom stereocenters. The number of rotatable bonds is 10. The molecule has 12 nitrogen and oxygen atoms in total. The van der Waals surface area contributed by atoms with Crippen LogP contribution in [0.3, 0.4) is 0 Å². The molecule has 1 aromatic heterocycles. The first-order valence-electron chi connectivity index (χ1n) is 13.1. The number of hydrogen-bond donors (Lipinski definition) is 1. The summed E-state index contributed by atoms with van der Waals surface area (Å²) < 4.78 is 20.5. The average Bonchev–Trinajstić information content (AvgIpc) is 3.63. The number of benzene rings is 3. The molecule has 5 rings (SSSR count). The maximum absolute atomic E-state index is 13.6. The number of nitro benzene ring substituents is 1. The van der Waals surface area contributed by atoms with E-state index in [9.17, 15) is 24.1 Å². The van der Waals surface area contributed by atoms with Gasteiger partial charge in [-0.15, -0.1) is 10.2 Å². The van der Waals surface area contributed by atoms with Crippen LogP contribution in [0.15, 0.2) is 83.1 Å². The number of thioether (sulfide) groups is 1. The summed E-state index contributed by atoms with van der Waals surface area (Å²) in [4.78, 5) is 36.2. The number of aromatic nitrogens is 3. The largest absolute Gasteiger partial charge is 0.497 e. The van der Waals surface area contributed by atoms with Crippen LogP contribution in [-0.2, 0) is 18.4 Å². The minimum atomic E-state index is -0.538. The summed E-state index contributed by atoms with van der Waals surface area (Å²) in [6.45, 7) is 0.0576. The number of carbonyl (C=O) groups is 2. The third-order valence-electron chi connectivity index (χ3n) is 6.84. The Kier molecular flexibility index (Phi) is 8.76. The van der Waals surface area contributed by atoms with Crippen molar-refractivity contribution in [3.63, 3.8) is 0 Å². The Labute approximate surface area is 249 Å². The lowest BCUT2D eigenvalue weighted by Gasteiger charge is -2.22. The molecule has 0 radical (unpaired) electrons. The quantitative estimate of drug-likeness (QED) is 0.161. The fraction of sp³-hybridized carbons (Fsp3) is 0.207. The molecule has 0 spiro atoms. The van der Waals surface area contributed by atoms with Gasteiger partial charge in [-0.2, -0.15) is 5.10 Å². The number of non-ortho nitro benzene ring substituents is 1. The lowest BCUT2D eigenvalue weighted by atomic mass is 9.98. The van der Waals surface area contributed by atoms with Gasteiger partial charge in [0.05, 0.1) is 36.1 Å². The number of hydrazone groups is 1. The second-order valence-electron chi connectivity index (χ2n) is 9.52. The van der Waals surface area contributed by atoms with Gasteiger partial charge >= 0.3 is 0 Å². The van der Waals surface area contributed by atoms with Gasteiger partial charge in [-0.1, -0.05) is 23.9 Å². The van der Waals surface area contributed by atoms with Crippen LogP contribution in [0.2, 0.25) is 0 Å². The minimum Gasteiger partial charge on any atom is -0.497 e. The summed E-state index contributed by atoms with van der Waals surface area (Å²) >= 11 is 1.18. The maximum Gasteiger partial charge on any atom is 0.269 e. The number of carbonyl (C=O) groups excluding carboxylic acids is 2. The number of amides is 2. The Morgan fingerprint density at radius 3 is 2.42 bits per heavy atom. The number of methoxy groups -OCH3 is 1. The highest BCUT2D eigenvalue weighted by atomic mass is 32.2. The molecule has 3 aromatic carbocycles. The molecule has 43 heavy (non-hydrogen) atoms. The van der Waals surface area contributed by atoms with Crippen LogP contribution in [0.1, 0.15) is 39.8 Å². The van der Waals surface area contributed by atoms with Crippen LogP contribution in [0.25, 0.3) is 0 Å². The number of halogens is 1. The predicted molar refractivity (Wildman–Crippen MR) is 156 cm³/mol. The second-order valence-corrected chi connectivity index (χ2v) is 10.5. The molecular formula is C29H26FN7O5S. The van der Waals surface area contributed by atoms with Crippen molar-refractivity contribution in [2.75, 3.05) is 12.9 Å². The Bertz CT molecular complexity index is 1680. The Hall–Kier alpha value is -5.11. The van der Waals surface area contributed by atoms with Gasteiger partial charge in [-0.3, -0.25) is 19.7 Å². The number of nitrogens with one attached hydrogen (secondary N) is 1. The molecule has 0 bridgehead atoms. The Morgan fingerprint density at radius 1 is 1.07 bits per heavy atom. The summed E-state index contributed by atoms with van der Waals surface area (Å²) in [6, 6.07) is 18.3. The van der Waals surface area contributed by atoms with E-state index in [-0.39, 0.29) is 35.3 Å².